The summed E-state index contributed by atoms with van der Waals surface area (Å²) in [4.78, 5) is 0. The minimum absolute atomic E-state index is 1.04. The van der Waals surface area contributed by atoms with Gasteiger partial charge in [-0.3, -0.25) is 6.08 Å². The Hall–Kier alpha value is 0.0543. The summed E-state index contributed by atoms with van der Waals surface area (Å²) in [6, 6.07) is 0. The van der Waals surface area contributed by atoms with E-state index in [1.807, 2.05) is 0 Å². The van der Waals surface area contributed by atoms with E-state index in [-0.39, 0.29) is 0 Å². The summed E-state index contributed by atoms with van der Waals surface area (Å²) in [6.07, 6.45) is 6.52. The van der Waals surface area contributed by atoms with E-state index in [0.29, 0.717) is 0 Å². The molecule has 0 saturated heterocycles. The average molecular weight is 207 g/mol. The molecule has 0 saturated carbocycles. The third-order valence-electron chi connectivity index (χ3n) is 0.955. The zero-order chi connectivity index (χ0) is 10.2. The SMILES string of the molecule is CCCC.[CH-]=CCCC.[O]=[Ti]=[O]. The van der Waals surface area contributed by atoms with Gasteiger partial charge >= 0.3 is 25.7 Å². The first-order chi connectivity index (χ1) is 5.74. The van der Waals surface area contributed by atoms with Crippen molar-refractivity contribution in [3.63, 3.8) is 0 Å². The van der Waals surface area contributed by atoms with Gasteiger partial charge in [-0.15, -0.1) is 0 Å². The first-order valence-electron chi connectivity index (χ1n) is 4.27. The van der Waals surface area contributed by atoms with E-state index in [1.54, 1.807) is 6.08 Å². The molecule has 3 heteroatoms. The van der Waals surface area contributed by atoms with E-state index in [1.165, 1.54) is 12.8 Å². The molecule has 12 heavy (non-hydrogen) atoms. The van der Waals surface area contributed by atoms with Gasteiger partial charge in [-0.2, -0.15) is 0 Å². The normalized spacial score (nSPS) is 6.25. The Morgan fingerprint density at radius 3 is 1.42 bits per heavy atom. The average Bonchev–Trinajstić information content (AvgIpc) is 2.08. The molecule has 0 radical (unpaired) electrons. The molecule has 2 nitrogen and oxygen atoms in total. The van der Waals surface area contributed by atoms with Crippen LogP contribution in [0.15, 0.2) is 6.08 Å². The second-order valence-corrected chi connectivity index (χ2v) is 2.37. The summed E-state index contributed by atoms with van der Waals surface area (Å²) in [5.41, 5.74) is 0. The van der Waals surface area contributed by atoms with E-state index < -0.39 is 19.1 Å². The molecule has 0 bridgehead atoms. The summed E-state index contributed by atoms with van der Waals surface area (Å²) in [6.45, 7) is 11.5. The fraction of sp³-hybridized carbons (Fsp3) is 0.778. The van der Waals surface area contributed by atoms with Crippen LogP contribution in [0, 0.1) is 6.58 Å². The zero-order valence-electron chi connectivity index (χ0n) is 8.30. The van der Waals surface area contributed by atoms with E-state index in [4.69, 9.17) is 13.2 Å². The van der Waals surface area contributed by atoms with E-state index >= 15 is 0 Å². The molecular weight excluding hydrogens is 188 g/mol. The van der Waals surface area contributed by atoms with Gasteiger partial charge in [-0.05, 0) is 0 Å². The van der Waals surface area contributed by atoms with E-state index in [2.05, 4.69) is 20.8 Å². The molecule has 72 valence electrons. The summed E-state index contributed by atoms with van der Waals surface area (Å²) < 4.78 is 17.0. The fourth-order valence-electron chi connectivity index (χ4n) is 0.167. The van der Waals surface area contributed by atoms with Crippen molar-refractivity contribution < 1.29 is 25.7 Å². The van der Waals surface area contributed by atoms with Crippen molar-refractivity contribution in [3.8, 4) is 0 Å². The van der Waals surface area contributed by atoms with Gasteiger partial charge in [0, 0.05) is 0 Å². The molecule has 0 rings (SSSR count). The molecule has 0 heterocycles. The minimum atomic E-state index is -2.00. The van der Waals surface area contributed by atoms with Gasteiger partial charge in [-0.1, -0.05) is 46.5 Å². The summed E-state index contributed by atoms with van der Waals surface area (Å²) in [5, 5.41) is 0. The van der Waals surface area contributed by atoms with Crippen LogP contribution >= 0.6 is 0 Å². The van der Waals surface area contributed by atoms with Crippen LogP contribution in [-0.2, 0) is 25.7 Å². The maximum atomic E-state index is 8.50. The molecule has 0 spiro atoms. The molecule has 0 aromatic carbocycles. The second kappa shape index (κ2) is 30.5. The van der Waals surface area contributed by atoms with Crippen molar-refractivity contribution in [2.24, 2.45) is 0 Å². The molecule has 0 aromatic heterocycles. The first-order valence-corrected chi connectivity index (χ1v) is 5.55. The monoisotopic (exact) mass is 207 g/mol. The van der Waals surface area contributed by atoms with Crippen LogP contribution in [0.25, 0.3) is 0 Å². The van der Waals surface area contributed by atoms with Crippen molar-refractivity contribution in [2.75, 3.05) is 0 Å². The Morgan fingerprint density at radius 2 is 1.42 bits per heavy atom. The van der Waals surface area contributed by atoms with E-state index in [0.717, 1.165) is 12.8 Å². The summed E-state index contributed by atoms with van der Waals surface area (Å²) in [7, 11) is 0. The van der Waals surface area contributed by atoms with Crippen LogP contribution in [0.3, 0.4) is 0 Å². The number of unbranched alkanes of at least 4 members (excludes halogenated alkanes) is 2. The Balaban J connectivity index is -0.000000105. The van der Waals surface area contributed by atoms with Crippen LogP contribution in [0.5, 0.6) is 0 Å². The predicted octanol–water partition coefficient (Wildman–Crippen LogP) is 3.34. The second-order valence-electron chi connectivity index (χ2n) is 2.11. The molecule has 0 amide bonds. The van der Waals surface area contributed by atoms with Crippen LogP contribution in [-0.4, -0.2) is 0 Å². The molecule has 0 unspecified atom stereocenters. The third kappa shape index (κ3) is 88.4. The van der Waals surface area contributed by atoms with Gasteiger partial charge in [0.05, 0.1) is 0 Å². The van der Waals surface area contributed by atoms with E-state index in [9.17, 15) is 0 Å². The molecule has 0 N–H and O–H groups in total. The van der Waals surface area contributed by atoms with Crippen molar-refractivity contribution in [1.82, 2.24) is 0 Å². The molecule has 0 aliphatic carbocycles. The Labute approximate surface area is 85.0 Å². The Morgan fingerprint density at radius 1 is 1.08 bits per heavy atom. The van der Waals surface area contributed by atoms with Gasteiger partial charge < -0.3 is 6.58 Å². The quantitative estimate of drug-likeness (QED) is 0.525. The van der Waals surface area contributed by atoms with Crippen molar-refractivity contribution in [3.05, 3.63) is 12.7 Å². The van der Waals surface area contributed by atoms with Crippen molar-refractivity contribution >= 4 is 0 Å². The molecular formula is C9H19O2Ti-. The number of allylic oxidation sites excluding steroid dienone is 1. The number of rotatable bonds is 3. The zero-order valence-corrected chi connectivity index (χ0v) is 9.86. The first kappa shape index (κ1) is 18.0. The fourth-order valence-corrected chi connectivity index (χ4v) is 0.167. The van der Waals surface area contributed by atoms with Gasteiger partial charge in [0.15, 0.2) is 0 Å². The molecule has 0 atom stereocenters. The van der Waals surface area contributed by atoms with Gasteiger partial charge in [0.2, 0.25) is 0 Å². The standard InChI is InChI=1S/C5H9.C4H10.2O.Ti/c1-3-5-4-2;1-3-4-2;;;/h1,3H,4-5H2,2H3;3-4H2,1-2H3;;;/q-1;;;;. The number of hydrogen-bond donors (Lipinski definition) is 0. The predicted molar refractivity (Wildman–Crippen MR) is 45.7 cm³/mol. The molecule has 0 fully saturated rings. The van der Waals surface area contributed by atoms with Crippen molar-refractivity contribution in [1.29, 1.82) is 0 Å². The topological polar surface area (TPSA) is 34.1 Å². The maximum absolute atomic E-state index is 8.50. The van der Waals surface area contributed by atoms with Crippen LogP contribution < -0.4 is 0 Å². The van der Waals surface area contributed by atoms with Crippen LogP contribution in [0.1, 0.15) is 46.5 Å². The van der Waals surface area contributed by atoms with Gasteiger partial charge in [-0.25, -0.2) is 0 Å². The van der Waals surface area contributed by atoms with Gasteiger partial charge in [0.25, 0.3) is 0 Å². The molecule has 0 aliphatic rings. The molecule has 0 aromatic rings. The Bertz CT molecular complexity index is 94.7. The van der Waals surface area contributed by atoms with Gasteiger partial charge in [0.1, 0.15) is 0 Å². The summed E-state index contributed by atoms with van der Waals surface area (Å²) in [5.74, 6) is 0. The molecule has 0 aliphatic heterocycles. The summed E-state index contributed by atoms with van der Waals surface area (Å²) >= 11 is -2.00. The number of hydrogen-bond acceptors (Lipinski definition) is 2. The van der Waals surface area contributed by atoms with Crippen LogP contribution in [0.2, 0.25) is 0 Å². The van der Waals surface area contributed by atoms with Crippen molar-refractivity contribution in [2.45, 2.75) is 46.5 Å². The van der Waals surface area contributed by atoms with Crippen LogP contribution in [0.4, 0.5) is 0 Å². The third-order valence-corrected chi connectivity index (χ3v) is 0.955. The Kier molecular flexibility index (Phi) is 45.6.